The van der Waals surface area contributed by atoms with Crippen LogP contribution in [0.2, 0.25) is 0 Å². The molecule has 25 heavy (non-hydrogen) atoms. The molecule has 132 valence electrons. The second-order valence-electron chi connectivity index (χ2n) is 7.29. The van der Waals surface area contributed by atoms with Gasteiger partial charge in [-0.2, -0.15) is 0 Å². The first-order chi connectivity index (χ1) is 11.8. The van der Waals surface area contributed by atoms with Crippen LogP contribution in [0.1, 0.15) is 53.4 Å². The van der Waals surface area contributed by atoms with Crippen LogP contribution in [0.5, 0.6) is 11.5 Å². The van der Waals surface area contributed by atoms with E-state index >= 15 is 0 Å². The van der Waals surface area contributed by atoms with Crippen LogP contribution in [0.15, 0.2) is 36.4 Å². The number of methoxy groups -OCH3 is 1. The largest absolute Gasteiger partial charge is 0.497 e. The number of amides is 1. The number of nitrogens with one attached hydrogen (secondary N) is 1. The molecule has 0 bridgehead atoms. The van der Waals surface area contributed by atoms with Crippen molar-refractivity contribution in [2.24, 2.45) is 0 Å². The summed E-state index contributed by atoms with van der Waals surface area (Å²) < 4.78 is 11.4. The van der Waals surface area contributed by atoms with Gasteiger partial charge in [0.1, 0.15) is 17.1 Å². The zero-order chi connectivity index (χ0) is 18.2. The van der Waals surface area contributed by atoms with Crippen LogP contribution in [0.4, 0.5) is 0 Å². The predicted octanol–water partition coefficient (Wildman–Crippen LogP) is 4.34. The van der Waals surface area contributed by atoms with Gasteiger partial charge in [0.2, 0.25) is 0 Å². The van der Waals surface area contributed by atoms with Crippen molar-refractivity contribution in [2.45, 2.75) is 45.8 Å². The minimum Gasteiger partial charge on any atom is -0.497 e. The van der Waals surface area contributed by atoms with E-state index < -0.39 is 0 Å². The van der Waals surface area contributed by atoms with Crippen LogP contribution >= 0.6 is 0 Å². The number of hydrogen-bond acceptors (Lipinski definition) is 3. The van der Waals surface area contributed by atoms with Gasteiger partial charge >= 0.3 is 0 Å². The molecule has 4 heteroatoms. The van der Waals surface area contributed by atoms with Crippen molar-refractivity contribution in [1.29, 1.82) is 0 Å². The zero-order valence-electron chi connectivity index (χ0n) is 15.5. The smallest absolute Gasteiger partial charge is 0.251 e. The maximum atomic E-state index is 12.8. The Labute approximate surface area is 149 Å². The zero-order valence-corrected chi connectivity index (χ0v) is 15.5. The highest BCUT2D eigenvalue weighted by Crippen LogP contribution is 2.41. The summed E-state index contributed by atoms with van der Waals surface area (Å²) in [6.45, 7) is 8.13. The van der Waals surface area contributed by atoms with Crippen molar-refractivity contribution < 1.29 is 14.3 Å². The molecule has 0 spiro atoms. The Kier molecular flexibility index (Phi) is 4.46. The van der Waals surface area contributed by atoms with Crippen molar-refractivity contribution in [3.8, 4) is 11.5 Å². The lowest BCUT2D eigenvalue weighted by molar-refractivity contribution is 0.0618. The summed E-state index contributed by atoms with van der Waals surface area (Å²) in [7, 11) is 1.64. The molecule has 0 saturated heterocycles. The van der Waals surface area contributed by atoms with Gasteiger partial charge in [0, 0.05) is 17.5 Å². The average Bonchev–Trinajstić information content (AvgIpc) is 2.56. The second-order valence-corrected chi connectivity index (χ2v) is 7.29. The molecule has 1 N–H and O–H groups in total. The summed E-state index contributed by atoms with van der Waals surface area (Å²) in [6, 6.07) is 11.4. The summed E-state index contributed by atoms with van der Waals surface area (Å²) in [5.74, 6) is 1.48. The number of rotatable bonds is 3. The Bertz CT molecular complexity index is 811. The van der Waals surface area contributed by atoms with Gasteiger partial charge in [0.15, 0.2) is 0 Å². The number of carbonyl (C=O) groups excluding carboxylic acids is 1. The Morgan fingerprint density at radius 2 is 1.92 bits per heavy atom. The lowest BCUT2D eigenvalue weighted by atomic mass is 9.89. The fourth-order valence-corrected chi connectivity index (χ4v) is 3.21. The van der Waals surface area contributed by atoms with Gasteiger partial charge < -0.3 is 14.8 Å². The number of aryl methyl sites for hydroxylation is 2. The SMILES string of the molecule is COc1ccc2c(c1)C(NC(=O)c1ccc(C)c(C)c1)CC(C)(C)O2. The maximum Gasteiger partial charge on any atom is 0.251 e. The van der Waals surface area contributed by atoms with E-state index in [9.17, 15) is 4.79 Å². The standard InChI is InChI=1S/C21H25NO3/c1-13-6-7-15(10-14(13)2)20(23)22-18-12-21(3,4)25-19-9-8-16(24-5)11-17(18)19/h6-11,18H,12H2,1-5H3,(H,22,23). The quantitative estimate of drug-likeness (QED) is 0.904. The summed E-state index contributed by atoms with van der Waals surface area (Å²) in [5.41, 5.74) is 3.58. The fraction of sp³-hybridized carbons (Fsp3) is 0.381. The van der Waals surface area contributed by atoms with Crippen LogP contribution in [0.25, 0.3) is 0 Å². The van der Waals surface area contributed by atoms with Crippen molar-refractivity contribution >= 4 is 5.91 Å². The van der Waals surface area contributed by atoms with Gasteiger partial charge in [-0.15, -0.1) is 0 Å². The van der Waals surface area contributed by atoms with E-state index in [0.717, 1.165) is 22.6 Å². The summed E-state index contributed by atoms with van der Waals surface area (Å²) in [4.78, 5) is 12.8. The highest BCUT2D eigenvalue weighted by molar-refractivity contribution is 5.94. The summed E-state index contributed by atoms with van der Waals surface area (Å²) >= 11 is 0. The second kappa shape index (κ2) is 6.43. The number of fused-ring (bicyclic) bond motifs is 1. The first kappa shape index (κ1) is 17.3. The molecule has 0 aromatic heterocycles. The molecule has 3 rings (SSSR count). The van der Waals surface area contributed by atoms with Crippen LogP contribution in [0, 0.1) is 13.8 Å². The first-order valence-corrected chi connectivity index (χ1v) is 8.54. The van der Waals surface area contributed by atoms with Crippen LogP contribution < -0.4 is 14.8 Å². The van der Waals surface area contributed by atoms with E-state index in [1.165, 1.54) is 5.56 Å². The molecular formula is C21H25NO3. The van der Waals surface area contributed by atoms with E-state index in [1.807, 2.05) is 64.1 Å². The van der Waals surface area contributed by atoms with Crippen molar-refractivity contribution in [1.82, 2.24) is 5.32 Å². The Morgan fingerprint density at radius 3 is 2.60 bits per heavy atom. The minimum atomic E-state index is -0.345. The molecule has 2 aromatic rings. The number of ether oxygens (including phenoxy) is 2. The molecule has 1 aliphatic heterocycles. The normalized spacial score (nSPS) is 18.0. The first-order valence-electron chi connectivity index (χ1n) is 8.54. The lowest BCUT2D eigenvalue weighted by Gasteiger charge is -2.38. The van der Waals surface area contributed by atoms with Crippen molar-refractivity contribution in [3.63, 3.8) is 0 Å². The fourth-order valence-electron chi connectivity index (χ4n) is 3.21. The van der Waals surface area contributed by atoms with E-state index in [1.54, 1.807) is 7.11 Å². The summed E-state index contributed by atoms with van der Waals surface area (Å²) in [6.07, 6.45) is 0.698. The van der Waals surface area contributed by atoms with Crippen LogP contribution in [-0.2, 0) is 0 Å². The Hall–Kier alpha value is -2.49. The molecule has 1 amide bonds. The highest BCUT2D eigenvalue weighted by Gasteiger charge is 2.35. The van der Waals surface area contributed by atoms with Gasteiger partial charge in [0.05, 0.1) is 13.2 Å². The molecule has 0 saturated carbocycles. The summed E-state index contributed by atoms with van der Waals surface area (Å²) in [5, 5.41) is 3.17. The molecule has 2 aromatic carbocycles. The molecule has 1 unspecified atom stereocenters. The Balaban J connectivity index is 1.91. The van der Waals surface area contributed by atoms with Crippen LogP contribution in [-0.4, -0.2) is 18.6 Å². The van der Waals surface area contributed by atoms with Gasteiger partial charge in [0.25, 0.3) is 5.91 Å². The molecule has 1 heterocycles. The third-order valence-corrected chi connectivity index (χ3v) is 4.75. The van der Waals surface area contributed by atoms with E-state index in [-0.39, 0.29) is 17.6 Å². The van der Waals surface area contributed by atoms with Crippen molar-refractivity contribution in [2.75, 3.05) is 7.11 Å². The highest BCUT2D eigenvalue weighted by atomic mass is 16.5. The molecule has 0 aliphatic carbocycles. The molecule has 1 atom stereocenters. The van der Waals surface area contributed by atoms with Crippen molar-refractivity contribution in [3.05, 3.63) is 58.7 Å². The Morgan fingerprint density at radius 1 is 1.16 bits per heavy atom. The number of carbonyl (C=O) groups is 1. The van der Waals surface area contributed by atoms with E-state index in [4.69, 9.17) is 9.47 Å². The molecule has 0 radical (unpaired) electrons. The topological polar surface area (TPSA) is 47.6 Å². The average molecular weight is 339 g/mol. The minimum absolute atomic E-state index is 0.0698. The van der Waals surface area contributed by atoms with Gasteiger partial charge in [-0.05, 0) is 69.2 Å². The van der Waals surface area contributed by atoms with Gasteiger partial charge in [-0.25, -0.2) is 0 Å². The van der Waals surface area contributed by atoms with Crippen LogP contribution in [0.3, 0.4) is 0 Å². The third-order valence-electron chi connectivity index (χ3n) is 4.75. The number of benzene rings is 2. The molecule has 0 fully saturated rings. The predicted molar refractivity (Wildman–Crippen MR) is 98.4 cm³/mol. The molecule has 4 nitrogen and oxygen atoms in total. The third kappa shape index (κ3) is 3.63. The van der Waals surface area contributed by atoms with Gasteiger partial charge in [-0.3, -0.25) is 4.79 Å². The lowest BCUT2D eigenvalue weighted by Crippen LogP contribution is -2.41. The number of hydrogen-bond donors (Lipinski definition) is 1. The van der Waals surface area contributed by atoms with Gasteiger partial charge in [-0.1, -0.05) is 6.07 Å². The molecular weight excluding hydrogens is 314 g/mol. The molecule has 1 aliphatic rings. The van der Waals surface area contributed by atoms with E-state index in [0.29, 0.717) is 12.0 Å². The van der Waals surface area contributed by atoms with E-state index in [2.05, 4.69) is 5.32 Å². The maximum absolute atomic E-state index is 12.8. The monoisotopic (exact) mass is 339 g/mol.